The van der Waals surface area contributed by atoms with Gasteiger partial charge in [0.15, 0.2) is 0 Å². The van der Waals surface area contributed by atoms with Crippen molar-refractivity contribution in [1.82, 2.24) is 14.6 Å². The molecule has 2 rings (SSSR count). The summed E-state index contributed by atoms with van der Waals surface area (Å²) < 4.78 is 72.5. The SMILES string of the molecule is [2H]c1c(CS(=O)(=O)NC)c([2H])c2c(CCN(C)C([2H])([2H])[2H])c[nH]c2c1[2H]. The Balaban J connectivity index is 2.51. The summed E-state index contributed by atoms with van der Waals surface area (Å²) in [6, 6.07) is -0.630. The van der Waals surface area contributed by atoms with Crippen molar-refractivity contribution >= 4 is 20.9 Å². The molecule has 6 heteroatoms. The molecule has 0 amide bonds. The molecule has 0 bridgehead atoms. The third-order valence-corrected chi connectivity index (χ3v) is 4.23. The van der Waals surface area contributed by atoms with Gasteiger partial charge in [0.2, 0.25) is 10.0 Å². The minimum Gasteiger partial charge on any atom is -0.361 e. The second-order valence-corrected chi connectivity index (χ2v) is 6.48. The first kappa shape index (κ1) is 8.81. The van der Waals surface area contributed by atoms with E-state index < -0.39 is 22.8 Å². The number of hydrogen-bond donors (Lipinski definition) is 2. The Morgan fingerprint density at radius 1 is 1.50 bits per heavy atom. The van der Waals surface area contributed by atoms with Gasteiger partial charge in [0.1, 0.15) is 0 Å². The molecule has 20 heavy (non-hydrogen) atoms. The summed E-state index contributed by atoms with van der Waals surface area (Å²) in [6.45, 7) is -2.04. The van der Waals surface area contributed by atoms with E-state index in [1.54, 1.807) is 6.20 Å². The fraction of sp³-hybridized carbons (Fsp3) is 0.429. The van der Waals surface area contributed by atoms with Gasteiger partial charge in [-0.05, 0) is 50.7 Å². The van der Waals surface area contributed by atoms with Crippen LogP contribution in [0.15, 0.2) is 24.3 Å². The van der Waals surface area contributed by atoms with Crippen molar-refractivity contribution < 1.29 is 16.6 Å². The van der Waals surface area contributed by atoms with Crippen LogP contribution in [0.4, 0.5) is 0 Å². The van der Waals surface area contributed by atoms with Crippen molar-refractivity contribution in [3.8, 4) is 0 Å². The molecule has 1 aromatic heterocycles. The van der Waals surface area contributed by atoms with Gasteiger partial charge >= 0.3 is 0 Å². The Morgan fingerprint density at radius 3 is 3.00 bits per heavy atom. The highest BCUT2D eigenvalue weighted by Gasteiger charge is 2.11. The smallest absolute Gasteiger partial charge is 0.215 e. The molecule has 110 valence electrons. The first-order chi connectivity index (χ1) is 11.9. The zero-order valence-electron chi connectivity index (χ0n) is 17.4. The zero-order chi connectivity index (χ0) is 19.9. The second kappa shape index (κ2) is 5.95. The van der Waals surface area contributed by atoms with Crippen LogP contribution in [-0.4, -0.2) is 45.9 Å². The van der Waals surface area contributed by atoms with Crippen LogP contribution >= 0.6 is 0 Å². The van der Waals surface area contributed by atoms with Crippen molar-refractivity contribution in [3.05, 3.63) is 35.5 Å². The van der Waals surface area contributed by atoms with Gasteiger partial charge in [-0.25, -0.2) is 13.1 Å². The monoisotopic (exact) mass is 301 g/mol. The molecule has 1 heterocycles. The molecule has 0 fully saturated rings. The maximum Gasteiger partial charge on any atom is 0.215 e. The summed E-state index contributed by atoms with van der Waals surface area (Å²) in [5.41, 5.74) is 0.830. The van der Waals surface area contributed by atoms with Gasteiger partial charge < -0.3 is 9.88 Å². The van der Waals surface area contributed by atoms with Crippen molar-refractivity contribution in [2.24, 2.45) is 0 Å². The zero-order valence-corrected chi connectivity index (χ0v) is 12.2. The van der Waals surface area contributed by atoms with E-state index in [1.807, 2.05) is 0 Å². The van der Waals surface area contributed by atoms with Crippen LogP contribution in [0.1, 0.15) is 19.4 Å². The third kappa shape index (κ3) is 3.59. The van der Waals surface area contributed by atoms with E-state index in [0.717, 1.165) is 0 Å². The predicted octanol–water partition coefficient (Wildman–Crippen LogP) is 1.32. The van der Waals surface area contributed by atoms with Crippen LogP contribution in [0.2, 0.25) is 0 Å². The standard InChI is InChI=1S/C14H21N3O2S/c1-15-20(18,19)10-11-4-5-14-13(8-11)12(9-16-14)6-7-17(2)3/h4-5,8-9,15-16H,6-7,10H2,1-3H3/i2D3,4D,5D,8D. The molecule has 0 spiro atoms. The lowest BCUT2D eigenvalue weighted by molar-refractivity contribution is 0.414. The van der Waals surface area contributed by atoms with Crippen LogP contribution in [-0.2, 0) is 22.2 Å². The van der Waals surface area contributed by atoms with E-state index in [9.17, 15) is 8.42 Å². The fourth-order valence-electron chi connectivity index (χ4n) is 1.85. The number of hydrogen-bond acceptors (Lipinski definition) is 3. The predicted molar refractivity (Wildman–Crippen MR) is 82.2 cm³/mol. The topological polar surface area (TPSA) is 65.2 Å². The van der Waals surface area contributed by atoms with Crippen molar-refractivity contribution in [2.45, 2.75) is 12.2 Å². The Labute approximate surface area is 128 Å². The summed E-state index contributed by atoms with van der Waals surface area (Å²) >= 11 is 0. The minimum atomic E-state index is -3.71. The van der Waals surface area contributed by atoms with Crippen LogP contribution in [0.3, 0.4) is 0 Å². The lowest BCUT2D eigenvalue weighted by Gasteiger charge is -2.08. The molecule has 0 aliphatic heterocycles. The van der Waals surface area contributed by atoms with Crippen LogP contribution in [0.25, 0.3) is 10.9 Å². The number of rotatable bonds is 6. The molecular formula is C14H21N3O2S. The van der Waals surface area contributed by atoms with Crippen molar-refractivity contribution in [3.63, 3.8) is 0 Å². The van der Waals surface area contributed by atoms with E-state index in [2.05, 4.69) is 9.71 Å². The van der Waals surface area contributed by atoms with Gasteiger partial charge in [-0.2, -0.15) is 0 Å². The highest BCUT2D eigenvalue weighted by atomic mass is 32.2. The molecule has 0 saturated carbocycles. The summed E-state index contributed by atoms with van der Waals surface area (Å²) in [4.78, 5) is 4.05. The molecule has 0 atom stereocenters. The van der Waals surface area contributed by atoms with Gasteiger partial charge in [0, 0.05) is 27.8 Å². The van der Waals surface area contributed by atoms with Crippen LogP contribution in [0.5, 0.6) is 0 Å². The van der Waals surface area contributed by atoms with Gasteiger partial charge in [-0.3, -0.25) is 0 Å². The number of aromatic amines is 1. The number of nitrogens with zero attached hydrogens (tertiary/aromatic N) is 1. The summed E-state index contributed by atoms with van der Waals surface area (Å²) in [7, 11) is -1.00. The first-order valence-corrected chi connectivity index (χ1v) is 7.75. The minimum absolute atomic E-state index is 0.0538. The number of benzene rings is 1. The quantitative estimate of drug-likeness (QED) is 0.846. The fourth-order valence-corrected chi connectivity index (χ4v) is 2.51. The largest absolute Gasteiger partial charge is 0.361 e. The molecule has 0 aliphatic carbocycles. The molecule has 1 aromatic carbocycles. The molecule has 0 aliphatic rings. The average molecular weight is 301 g/mol. The molecule has 0 saturated heterocycles. The number of sulfonamides is 1. The normalized spacial score (nSPS) is 17.4. The van der Waals surface area contributed by atoms with Gasteiger partial charge in [0.25, 0.3) is 0 Å². The van der Waals surface area contributed by atoms with Gasteiger partial charge in [0.05, 0.1) is 9.87 Å². The molecule has 2 aromatic rings. The lowest BCUT2D eigenvalue weighted by Crippen LogP contribution is -2.20. The second-order valence-electron chi connectivity index (χ2n) is 4.55. The van der Waals surface area contributed by atoms with Gasteiger partial charge in [-0.1, -0.05) is 6.04 Å². The summed E-state index contributed by atoms with van der Waals surface area (Å²) in [5, 5.41) is 0.353. The Hall–Kier alpha value is -1.37. The molecule has 0 unspecified atom stereocenters. The van der Waals surface area contributed by atoms with E-state index in [4.69, 9.17) is 8.22 Å². The number of aromatic nitrogens is 1. The summed E-state index contributed by atoms with van der Waals surface area (Å²) in [6.07, 6.45) is 1.87. The molecule has 2 N–H and O–H groups in total. The van der Waals surface area contributed by atoms with E-state index in [0.29, 0.717) is 17.4 Å². The molecule has 5 nitrogen and oxygen atoms in total. The number of H-pyrrole nitrogens is 1. The Bertz CT molecular complexity index is 923. The first-order valence-electron chi connectivity index (χ1n) is 9.10. The molecular weight excluding hydrogens is 274 g/mol. The number of fused-ring (bicyclic) bond motifs is 1. The highest BCUT2D eigenvalue weighted by molar-refractivity contribution is 7.88. The maximum atomic E-state index is 11.9. The molecule has 0 radical (unpaired) electrons. The van der Waals surface area contributed by atoms with E-state index >= 15 is 0 Å². The van der Waals surface area contributed by atoms with Crippen molar-refractivity contribution in [1.29, 1.82) is 0 Å². The average Bonchev–Trinajstić information content (AvgIpc) is 2.97. The van der Waals surface area contributed by atoms with E-state index in [1.165, 1.54) is 19.0 Å². The Morgan fingerprint density at radius 2 is 2.30 bits per heavy atom. The third-order valence-electron chi connectivity index (χ3n) is 2.94. The van der Waals surface area contributed by atoms with Crippen molar-refractivity contribution in [2.75, 3.05) is 27.6 Å². The summed E-state index contributed by atoms with van der Waals surface area (Å²) in [5.74, 6) is -0.567. The van der Waals surface area contributed by atoms with Crippen LogP contribution in [0, 0.1) is 0 Å². The number of likely N-dealkylation sites (N-methyl/N-ethyl adjacent to an activating group) is 1. The lowest BCUT2D eigenvalue weighted by atomic mass is 10.1. The van der Waals surface area contributed by atoms with Gasteiger partial charge in [-0.15, -0.1) is 0 Å². The Kier molecular flexibility index (Phi) is 2.62. The number of nitrogens with one attached hydrogen (secondary N) is 2. The highest BCUT2D eigenvalue weighted by Crippen LogP contribution is 2.21. The van der Waals surface area contributed by atoms with E-state index in [-0.39, 0.29) is 35.8 Å². The maximum absolute atomic E-state index is 11.9. The van der Waals surface area contributed by atoms with Crippen LogP contribution < -0.4 is 4.72 Å².